The molecule has 27 heavy (non-hydrogen) atoms. The van der Waals surface area contributed by atoms with Crippen LogP contribution in [0.2, 0.25) is 5.02 Å². The number of ether oxygens (including phenoxy) is 1. The highest BCUT2D eigenvalue weighted by molar-refractivity contribution is 6.33. The van der Waals surface area contributed by atoms with Crippen LogP contribution in [0.4, 0.5) is 17.2 Å². The zero-order chi connectivity index (χ0) is 19.2. The summed E-state index contributed by atoms with van der Waals surface area (Å²) < 4.78 is 4.69. The molecule has 0 bridgehead atoms. The number of hydrogen-bond acceptors (Lipinski definition) is 6. The minimum Gasteiger partial charge on any atom is -0.465 e. The van der Waals surface area contributed by atoms with Crippen molar-refractivity contribution in [2.75, 3.05) is 17.7 Å². The Bertz CT molecular complexity index is 962. The molecule has 0 aliphatic heterocycles. The Kier molecular flexibility index (Phi) is 5.63. The number of carbonyl (C=O) groups excluding carboxylic acids is 2. The molecule has 8 heteroatoms. The summed E-state index contributed by atoms with van der Waals surface area (Å²) in [6, 6.07) is 16.9. The van der Waals surface area contributed by atoms with E-state index in [0.29, 0.717) is 27.8 Å². The summed E-state index contributed by atoms with van der Waals surface area (Å²) in [5.74, 6) is -0.477. The molecule has 2 N–H and O–H groups in total. The van der Waals surface area contributed by atoms with Gasteiger partial charge < -0.3 is 15.4 Å². The molecule has 0 saturated heterocycles. The van der Waals surface area contributed by atoms with Gasteiger partial charge in [-0.2, -0.15) is 0 Å². The Morgan fingerprint density at radius 3 is 2.44 bits per heavy atom. The lowest BCUT2D eigenvalue weighted by Gasteiger charge is -2.09. The number of esters is 1. The number of para-hydroxylation sites is 1. The topological polar surface area (TPSA) is 93.2 Å². The molecule has 0 unspecified atom stereocenters. The molecule has 136 valence electrons. The van der Waals surface area contributed by atoms with Crippen molar-refractivity contribution < 1.29 is 14.3 Å². The van der Waals surface area contributed by atoms with Crippen molar-refractivity contribution in [3.8, 4) is 0 Å². The first-order valence-electron chi connectivity index (χ1n) is 7.92. The summed E-state index contributed by atoms with van der Waals surface area (Å²) in [6.45, 7) is 0. The van der Waals surface area contributed by atoms with E-state index in [9.17, 15) is 9.59 Å². The second-order valence-corrected chi connectivity index (χ2v) is 5.84. The standard InChI is InChI=1S/C19H15ClN4O3/c1-27-19(26)12-7-8-14(20)16(11-12)22-17-10-9-15(23-24-17)18(25)21-13-5-3-2-4-6-13/h2-11H,1H3,(H,21,25)(H,22,24). The summed E-state index contributed by atoms with van der Waals surface area (Å²) in [4.78, 5) is 23.8. The van der Waals surface area contributed by atoms with Gasteiger partial charge in [0, 0.05) is 5.69 Å². The maximum atomic E-state index is 12.2. The summed E-state index contributed by atoms with van der Waals surface area (Å²) >= 11 is 6.14. The van der Waals surface area contributed by atoms with E-state index in [0.717, 1.165) is 0 Å². The van der Waals surface area contributed by atoms with Gasteiger partial charge in [0.25, 0.3) is 5.91 Å². The smallest absolute Gasteiger partial charge is 0.337 e. The van der Waals surface area contributed by atoms with Crippen LogP contribution in [0, 0.1) is 0 Å². The molecule has 0 atom stereocenters. The monoisotopic (exact) mass is 382 g/mol. The van der Waals surface area contributed by atoms with Crippen LogP contribution < -0.4 is 10.6 Å². The zero-order valence-electron chi connectivity index (χ0n) is 14.3. The SMILES string of the molecule is COC(=O)c1ccc(Cl)c(Nc2ccc(C(=O)Nc3ccccc3)nn2)c1. The molecule has 0 saturated carbocycles. The van der Waals surface area contributed by atoms with Gasteiger partial charge >= 0.3 is 5.97 Å². The first kappa shape index (κ1) is 18.3. The molecule has 0 fully saturated rings. The van der Waals surface area contributed by atoms with Crippen LogP contribution in [0.15, 0.2) is 60.7 Å². The number of methoxy groups -OCH3 is 1. The average molecular weight is 383 g/mol. The van der Waals surface area contributed by atoms with Gasteiger partial charge in [-0.05, 0) is 42.5 Å². The Balaban J connectivity index is 1.72. The molecule has 7 nitrogen and oxygen atoms in total. The van der Waals surface area contributed by atoms with Crippen molar-refractivity contribution in [1.29, 1.82) is 0 Å². The third-order valence-electron chi connectivity index (χ3n) is 3.58. The molecule has 1 heterocycles. The van der Waals surface area contributed by atoms with Gasteiger partial charge in [0.2, 0.25) is 0 Å². The van der Waals surface area contributed by atoms with E-state index in [1.165, 1.54) is 13.2 Å². The van der Waals surface area contributed by atoms with Gasteiger partial charge in [0.15, 0.2) is 11.5 Å². The molecule has 1 amide bonds. The normalized spacial score (nSPS) is 10.1. The first-order valence-corrected chi connectivity index (χ1v) is 8.29. The maximum Gasteiger partial charge on any atom is 0.337 e. The highest BCUT2D eigenvalue weighted by atomic mass is 35.5. The third-order valence-corrected chi connectivity index (χ3v) is 3.91. The largest absolute Gasteiger partial charge is 0.465 e. The number of carbonyl (C=O) groups is 2. The number of nitrogens with zero attached hydrogens (tertiary/aromatic N) is 2. The van der Waals surface area contributed by atoms with E-state index in [1.54, 1.807) is 36.4 Å². The first-order chi connectivity index (χ1) is 13.1. The Labute approximate surface area is 160 Å². The highest BCUT2D eigenvalue weighted by Crippen LogP contribution is 2.26. The number of amides is 1. The lowest BCUT2D eigenvalue weighted by molar-refractivity contribution is 0.0600. The zero-order valence-corrected chi connectivity index (χ0v) is 15.0. The number of nitrogens with one attached hydrogen (secondary N) is 2. The predicted octanol–water partition coefficient (Wildman–Crippen LogP) is 3.91. The second-order valence-electron chi connectivity index (χ2n) is 5.44. The fourth-order valence-electron chi connectivity index (χ4n) is 2.24. The van der Waals surface area contributed by atoms with E-state index in [4.69, 9.17) is 16.3 Å². The number of anilines is 3. The van der Waals surface area contributed by atoms with Gasteiger partial charge in [0.05, 0.1) is 23.4 Å². The Morgan fingerprint density at radius 2 is 1.78 bits per heavy atom. The van der Waals surface area contributed by atoms with E-state index in [-0.39, 0.29) is 11.6 Å². The summed E-state index contributed by atoms with van der Waals surface area (Å²) in [5.41, 5.74) is 1.64. The minimum absolute atomic E-state index is 0.166. The summed E-state index contributed by atoms with van der Waals surface area (Å²) in [5, 5.41) is 14.0. The summed E-state index contributed by atoms with van der Waals surface area (Å²) in [7, 11) is 1.30. The molecule has 0 radical (unpaired) electrons. The molecule has 0 aliphatic rings. The fraction of sp³-hybridized carbons (Fsp3) is 0.0526. The Morgan fingerprint density at radius 1 is 1.00 bits per heavy atom. The van der Waals surface area contributed by atoms with E-state index in [1.807, 2.05) is 18.2 Å². The molecular formula is C19H15ClN4O3. The number of halogens is 1. The lowest BCUT2D eigenvalue weighted by atomic mass is 10.2. The average Bonchev–Trinajstić information content (AvgIpc) is 2.70. The van der Waals surface area contributed by atoms with Crippen molar-refractivity contribution in [2.24, 2.45) is 0 Å². The molecule has 0 spiro atoms. The van der Waals surface area contributed by atoms with Crippen LogP contribution in [0.1, 0.15) is 20.8 Å². The highest BCUT2D eigenvalue weighted by Gasteiger charge is 2.11. The van der Waals surface area contributed by atoms with Crippen molar-refractivity contribution >= 4 is 40.7 Å². The number of hydrogen-bond donors (Lipinski definition) is 2. The molecule has 2 aromatic carbocycles. The second kappa shape index (κ2) is 8.29. The van der Waals surface area contributed by atoms with Crippen molar-refractivity contribution in [3.05, 3.63) is 76.9 Å². The molecule has 1 aromatic heterocycles. The van der Waals surface area contributed by atoms with Crippen LogP contribution in [-0.4, -0.2) is 29.2 Å². The lowest BCUT2D eigenvalue weighted by Crippen LogP contribution is -2.14. The predicted molar refractivity (Wildman–Crippen MR) is 103 cm³/mol. The van der Waals surface area contributed by atoms with Crippen LogP contribution in [0.3, 0.4) is 0 Å². The van der Waals surface area contributed by atoms with Gasteiger partial charge in [-0.1, -0.05) is 29.8 Å². The van der Waals surface area contributed by atoms with E-state index < -0.39 is 5.97 Å². The van der Waals surface area contributed by atoms with Crippen LogP contribution >= 0.6 is 11.6 Å². The van der Waals surface area contributed by atoms with Crippen LogP contribution in [0.5, 0.6) is 0 Å². The molecule has 3 rings (SSSR count). The van der Waals surface area contributed by atoms with Gasteiger partial charge in [-0.25, -0.2) is 4.79 Å². The molecular weight excluding hydrogens is 368 g/mol. The quantitative estimate of drug-likeness (QED) is 0.650. The van der Waals surface area contributed by atoms with Gasteiger partial charge in [-0.3, -0.25) is 4.79 Å². The van der Waals surface area contributed by atoms with E-state index >= 15 is 0 Å². The molecule has 0 aliphatic carbocycles. The third kappa shape index (κ3) is 4.59. The van der Waals surface area contributed by atoms with Crippen molar-refractivity contribution in [1.82, 2.24) is 10.2 Å². The fourth-order valence-corrected chi connectivity index (χ4v) is 2.41. The van der Waals surface area contributed by atoms with Crippen LogP contribution in [0.25, 0.3) is 0 Å². The van der Waals surface area contributed by atoms with E-state index in [2.05, 4.69) is 20.8 Å². The van der Waals surface area contributed by atoms with Gasteiger partial charge in [-0.15, -0.1) is 10.2 Å². The van der Waals surface area contributed by atoms with Crippen molar-refractivity contribution in [3.63, 3.8) is 0 Å². The Hall–Kier alpha value is -3.45. The minimum atomic E-state index is -0.478. The number of benzene rings is 2. The van der Waals surface area contributed by atoms with Gasteiger partial charge in [0.1, 0.15) is 0 Å². The molecule has 3 aromatic rings. The van der Waals surface area contributed by atoms with Crippen LogP contribution in [-0.2, 0) is 4.74 Å². The van der Waals surface area contributed by atoms with Crippen molar-refractivity contribution in [2.45, 2.75) is 0 Å². The summed E-state index contributed by atoms with van der Waals surface area (Å²) in [6.07, 6.45) is 0. The number of rotatable bonds is 5. The maximum absolute atomic E-state index is 12.2. The number of aromatic nitrogens is 2.